The highest BCUT2D eigenvalue weighted by Crippen LogP contribution is 2.36. The fourth-order valence-electron chi connectivity index (χ4n) is 3.86. The number of nitrogens with zero attached hydrogens (tertiary/aromatic N) is 2. The summed E-state index contributed by atoms with van der Waals surface area (Å²) < 4.78 is 6.31. The molecule has 0 saturated carbocycles. The molecule has 0 aromatic rings. The number of hydrogen-bond donors (Lipinski definition) is 0. The van der Waals surface area contributed by atoms with Crippen molar-refractivity contribution in [3.8, 4) is 0 Å². The number of rotatable bonds is 7. The first-order valence-electron chi connectivity index (χ1n) is 8.66. The van der Waals surface area contributed by atoms with Crippen LogP contribution in [-0.2, 0) is 9.53 Å². The minimum absolute atomic E-state index is 0.0205. The lowest BCUT2D eigenvalue weighted by atomic mass is 9.97. The smallest absolute Gasteiger partial charge is 0.124 e. The van der Waals surface area contributed by atoms with Crippen molar-refractivity contribution in [1.82, 2.24) is 9.80 Å². The highest BCUT2D eigenvalue weighted by Gasteiger charge is 2.46. The Bertz CT molecular complexity index is 327. The molecule has 2 fully saturated rings. The predicted octanol–water partition coefficient (Wildman–Crippen LogP) is 2.52. The topological polar surface area (TPSA) is 32.8 Å². The number of aldehydes is 1. The number of hydrogen-bond acceptors (Lipinski definition) is 4. The van der Waals surface area contributed by atoms with Gasteiger partial charge in [-0.3, -0.25) is 4.90 Å². The van der Waals surface area contributed by atoms with Gasteiger partial charge < -0.3 is 14.4 Å². The summed E-state index contributed by atoms with van der Waals surface area (Å²) in [6.45, 7) is 8.70. The molecule has 0 N–H and O–H groups in total. The van der Waals surface area contributed by atoms with Crippen LogP contribution in [0.4, 0.5) is 0 Å². The Hall–Kier alpha value is -0.450. The summed E-state index contributed by atoms with van der Waals surface area (Å²) in [5.74, 6) is 0.254. The van der Waals surface area contributed by atoms with E-state index in [-0.39, 0.29) is 11.6 Å². The van der Waals surface area contributed by atoms with Gasteiger partial charge in [-0.05, 0) is 33.2 Å². The molecule has 0 bridgehead atoms. The summed E-state index contributed by atoms with van der Waals surface area (Å²) in [7, 11) is 2.19. The standard InChI is InChI=1S/C17H32N2O2/c1-4-6-16(14-20)7-5-10-19-13-15(2)21-17(19)8-11-18(3)12-9-17/h14-16H,4-13H2,1-3H3. The van der Waals surface area contributed by atoms with Gasteiger partial charge >= 0.3 is 0 Å². The van der Waals surface area contributed by atoms with Crippen molar-refractivity contribution >= 4 is 6.29 Å². The van der Waals surface area contributed by atoms with Crippen LogP contribution in [0.2, 0.25) is 0 Å². The van der Waals surface area contributed by atoms with Gasteiger partial charge in [0.05, 0.1) is 6.10 Å². The van der Waals surface area contributed by atoms with E-state index in [1.54, 1.807) is 0 Å². The third kappa shape index (κ3) is 4.27. The molecular weight excluding hydrogens is 264 g/mol. The van der Waals surface area contributed by atoms with Gasteiger partial charge in [0.15, 0.2) is 0 Å². The third-order valence-corrected chi connectivity index (χ3v) is 5.10. The van der Waals surface area contributed by atoms with Gasteiger partial charge in [-0.25, -0.2) is 0 Å². The number of carbonyl (C=O) groups is 1. The summed E-state index contributed by atoms with van der Waals surface area (Å²) in [5, 5.41) is 0. The summed E-state index contributed by atoms with van der Waals surface area (Å²) in [6.07, 6.45) is 7.98. The molecule has 4 nitrogen and oxygen atoms in total. The van der Waals surface area contributed by atoms with Crippen molar-refractivity contribution in [2.45, 2.75) is 64.2 Å². The van der Waals surface area contributed by atoms with Gasteiger partial charge in [0.25, 0.3) is 0 Å². The van der Waals surface area contributed by atoms with Crippen LogP contribution >= 0.6 is 0 Å². The second-order valence-electron chi connectivity index (χ2n) is 6.95. The Kier molecular flexibility index (Phi) is 6.20. The van der Waals surface area contributed by atoms with E-state index in [4.69, 9.17) is 4.74 Å². The molecule has 2 unspecified atom stereocenters. The van der Waals surface area contributed by atoms with Crippen LogP contribution in [0.25, 0.3) is 0 Å². The average molecular weight is 296 g/mol. The number of piperidine rings is 1. The largest absolute Gasteiger partial charge is 0.356 e. The lowest BCUT2D eigenvalue weighted by Gasteiger charge is -2.43. The Morgan fingerprint density at radius 2 is 2.05 bits per heavy atom. The second kappa shape index (κ2) is 7.70. The van der Waals surface area contributed by atoms with E-state index in [9.17, 15) is 4.79 Å². The first-order valence-corrected chi connectivity index (χ1v) is 8.66. The van der Waals surface area contributed by atoms with E-state index in [0.717, 1.165) is 71.0 Å². The van der Waals surface area contributed by atoms with Crippen LogP contribution in [0, 0.1) is 5.92 Å². The van der Waals surface area contributed by atoms with Crippen LogP contribution in [-0.4, -0.2) is 61.1 Å². The van der Waals surface area contributed by atoms with E-state index < -0.39 is 0 Å². The molecule has 21 heavy (non-hydrogen) atoms. The van der Waals surface area contributed by atoms with Crippen LogP contribution in [0.1, 0.15) is 52.4 Å². The lowest BCUT2D eigenvalue weighted by molar-refractivity contribution is -0.132. The van der Waals surface area contributed by atoms with Crippen molar-refractivity contribution in [1.29, 1.82) is 0 Å². The summed E-state index contributed by atoms with van der Waals surface area (Å²) in [5.41, 5.74) is -0.0205. The zero-order chi connectivity index (χ0) is 15.3. The van der Waals surface area contributed by atoms with E-state index in [2.05, 4.69) is 30.7 Å². The van der Waals surface area contributed by atoms with Gasteiger partial charge in [-0.1, -0.05) is 13.3 Å². The summed E-state index contributed by atoms with van der Waals surface area (Å²) in [4.78, 5) is 16.0. The first kappa shape index (κ1) is 16.9. The molecule has 0 aliphatic carbocycles. The maximum atomic E-state index is 11.1. The van der Waals surface area contributed by atoms with Gasteiger partial charge in [0, 0.05) is 44.9 Å². The van der Waals surface area contributed by atoms with Crippen LogP contribution < -0.4 is 0 Å². The molecular formula is C17H32N2O2. The molecule has 2 rings (SSSR count). The predicted molar refractivity (Wildman–Crippen MR) is 85.3 cm³/mol. The minimum atomic E-state index is -0.0205. The Labute approximate surface area is 129 Å². The van der Waals surface area contributed by atoms with Crippen LogP contribution in [0.3, 0.4) is 0 Å². The first-order chi connectivity index (χ1) is 10.1. The molecule has 0 amide bonds. The lowest BCUT2D eigenvalue weighted by Crippen LogP contribution is -2.52. The van der Waals surface area contributed by atoms with Crippen molar-refractivity contribution in [2.24, 2.45) is 5.92 Å². The summed E-state index contributed by atoms with van der Waals surface area (Å²) in [6, 6.07) is 0. The van der Waals surface area contributed by atoms with Gasteiger partial charge in [-0.15, -0.1) is 0 Å². The second-order valence-corrected chi connectivity index (χ2v) is 6.95. The van der Waals surface area contributed by atoms with Crippen molar-refractivity contribution in [3.63, 3.8) is 0 Å². The third-order valence-electron chi connectivity index (χ3n) is 5.10. The highest BCUT2D eigenvalue weighted by molar-refractivity contribution is 5.53. The fraction of sp³-hybridized carbons (Fsp3) is 0.941. The van der Waals surface area contributed by atoms with E-state index >= 15 is 0 Å². The molecule has 0 aromatic carbocycles. The van der Waals surface area contributed by atoms with Crippen LogP contribution in [0.15, 0.2) is 0 Å². The maximum Gasteiger partial charge on any atom is 0.124 e. The Morgan fingerprint density at radius 1 is 1.33 bits per heavy atom. The van der Waals surface area contributed by atoms with E-state index in [1.807, 2.05) is 0 Å². The molecule has 1 spiro atoms. The van der Waals surface area contributed by atoms with E-state index in [0.29, 0.717) is 6.10 Å². The molecule has 0 radical (unpaired) electrons. The zero-order valence-corrected chi connectivity index (χ0v) is 14.0. The zero-order valence-electron chi connectivity index (χ0n) is 14.0. The normalized spacial score (nSPS) is 28.0. The molecule has 2 saturated heterocycles. The molecule has 2 aliphatic rings. The van der Waals surface area contributed by atoms with E-state index in [1.165, 1.54) is 0 Å². The fourth-order valence-corrected chi connectivity index (χ4v) is 3.86. The average Bonchev–Trinajstić information content (AvgIpc) is 2.77. The monoisotopic (exact) mass is 296 g/mol. The Morgan fingerprint density at radius 3 is 2.67 bits per heavy atom. The van der Waals surface area contributed by atoms with Crippen LogP contribution in [0.5, 0.6) is 0 Å². The van der Waals surface area contributed by atoms with Crippen molar-refractivity contribution in [2.75, 3.05) is 33.2 Å². The SMILES string of the molecule is CCCC(C=O)CCCN1CC(C)OC12CCN(C)CC2. The molecule has 2 atom stereocenters. The van der Waals surface area contributed by atoms with Crippen molar-refractivity contribution in [3.05, 3.63) is 0 Å². The molecule has 2 heterocycles. The molecule has 0 aromatic heterocycles. The highest BCUT2D eigenvalue weighted by atomic mass is 16.5. The summed E-state index contributed by atoms with van der Waals surface area (Å²) >= 11 is 0. The quantitative estimate of drug-likeness (QED) is 0.676. The van der Waals surface area contributed by atoms with Crippen molar-refractivity contribution < 1.29 is 9.53 Å². The maximum absolute atomic E-state index is 11.1. The molecule has 2 aliphatic heterocycles. The molecule has 4 heteroatoms. The van der Waals surface area contributed by atoms with Gasteiger partial charge in [0.1, 0.15) is 12.0 Å². The number of carbonyl (C=O) groups excluding carboxylic acids is 1. The molecule has 122 valence electrons. The number of likely N-dealkylation sites (tertiary alicyclic amines) is 1. The van der Waals surface area contributed by atoms with Gasteiger partial charge in [0.2, 0.25) is 0 Å². The number of ether oxygens (including phenoxy) is 1. The minimum Gasteiger partial charge on any atom is -0.356 e. The Balaban J connectivity index is 1.84. The van der Waals surface area contributed by atoms with Gasteiger partial charge in [-0.2, -0.15) is 0 Å².